The summed E-state index contributed by atoms with van der Waals surface area (Å²) in [4.78, 5) is 31.0. The smallest absolute Gasteiger partial charge is 0.329 e. The highest BCUT2D eigenvalue weighted by Gasteiger charge is 2.52. The summed E-state index contributed by atoms with van der Waals surface area (Å²) in [5.74, 6) is -0.191. The first-order valence-corrected chi connectivity index (χ1v) is 9.57. The minimum atomic E-state index is -0.755. The van der Waals surface area contributed by atoms with E-state index in [0.717, 1.165) is 30.6 Å². The maximum Gasteiger partial charge on any atom is 0.329 e. The van der Waals surface area contributed by atoms with Gasteiger partial charge in [-0.3, -0.25) is 9.78 Å². The molecule has 140 valence electrons. The zero-order valence-electron chi connectivity index (χ0n) is 14.9. The molecule has 27 heavy (non-hydrogen) atoms. The summed E-state index contributed by atoms with van der Waals surface area (Å²) >= 11 is 6.42. The first-order valence-electron chi connectivity index (χ1n) is 9.19. The highest BCUT2D eigenvalue weighted by molar-refractivity contribution is 6.36. The Morgan fingerprint density at radius 2 is 1.96 bits per heavy atom. The van der Waals surface area contributed by atoms with E-state index < -0.39 is 11.6 Å². The quantitative estimate of drug-likeness (QED) is 0.778. The normalized spacial score (nSPS) is 18.6. The van der Waals surface area contributed by atoms with Gasteiger partial charge in [0.05, 0.1) is 22.9 Å². The van der Waals surface area contributed by atoms with E-state index in [2.05, 4.69) is 15.6 Å². The van der Waals surface area contributed by atoms with Gasteiger partial charge in [0.25, 0.3) is 5.91 Å². The number of hydrogen-bond donors (Lipinski definition) is 2. The van der Waals surface area contributed by atoms with Crippen molar-refractivity contribution in [3.8, 4) is 0 Å². The molecule has 2 N–H and O–H groups in total. The minimum absolute atomic E-state index is 0.191. The minimum Gasteiger partial charge on any atom is -0.379 e. The summed E-state index contributed by atoms with van der Waals surface area (Å²) in [6, 6.07) is 10.6. The molecule has 1 aromatic carbocycles. The first kappa shape index (κ1) is 17.8. The summed E-state index contributed by atoms with van der Waals surface area (Å²) in [5, 5.41) is 6.52. The van der Waals surface area contributed by atoms with Crippen molar-refractivity contribution in [2.45, 2.75) is 44.2 Å². The van der Waals surface area contributed by atoms with Crippen molar-refractivity contribution in [3.63, 3.8) is 0 Å². The Morgan fingerprint density at radius 1 is 1.15 bits per heavy atom. The Labute approximate surface area is 162 Å². The molecule has 0 bridgehead atoms. The van der Waals surface area contributed by atoms with E-state index in [1.807, 2.05) is 24.3 Å². The van der Waals surface area contributed by atoms with Gasteiger partial charge < -0.3 is 10.6 Å². The third-order valence-electron chi connectivity index (χ3n) is 5.26. The van der Waals surface area contributed by atoms with Crippen LogP contribution in [0, 0.1) is 0 Å². The zero-order chi connectivity index (χ0) is 18.9. The van der Waals surface area contributed by atoms with Crippen LogP contribution in [0.15, 0.2) is 42.6 Å². The lowest BCUT2D eigenvalue weighted by molar-refractivity contribution is -0.123. The number of hydrogen-bond acceptors (Lipinski definition) is 4. The van der Waals surface area contributed by atoms with Gasteiger partial charge in [0.15, 0.2) is 0 Å². The second-order valence-electron chi connectivity index (χ2n) is 7.05. The van der Waals surface area contributed by atoms with E-state index in [0.29, 0.717) is 30.1 Å². The van der Waals surface area contributed by atoms with Gasteiger partial charge in [-0.05, 0) is 43.2 Å². The fourth-order valence-corrected chi connectivity index (χ4v) is 4.09. The van der Waals surface area contributed by atoms with E-state index >= 15 is 0 Å². The molecule has 2 heterocycles. The molecule has 1 saturated heterocycles. The van der Waals surface area contributed by atoms with Crippen molar-refractivity contribution in [3.05, 3.63) is 53.3 Å². The molecule has 7 heteroatoms. The van der Waals surface area contributed by atoms with Crippen molar-refractivity contribution >= 4 is 34.9 Å². The van der Waals surface area contributed by atoms with Gasteiger partial charge in [-0.1, -0.05) is 36.9 Å². The van der Waals surface area contributed by atoms with Crippen LogP contribution in [0.4, 0.5) is 16.2 Å². The molecule has 3 amide bonds. The number of aromatic nitrogens is 1. The number of carbonyl (C=O) groups is 2. The Hall–Kier alpha value is -2.60. The van der Waals surface area contributed by atoms with E-state index in [1.165, 1.54) is 4.90 Å². The topological polar surface area (TPSA) is 74.3 Å². The SMILES string of the molecule is O=C1NC2(CCCCC2)C(=O)N1c1ccc(NCc2ccccn2)cc1Cl. The maximum absolute atomic E-state index is 13.0. The number of halogens is 1. The monoisotopic (exact) mass is 384 g/mol. The highest BCUT2D eigenvalue weighted by Crippen LogP contribution is 2.38. The van der Waals surface area contributed by atoms with Crippen LogP contribution in [0.2, 0.25) is 5.02 Å². The van der Waals surface area contributed by atoms with Crippen LogP contribution in [-0.4, -0.2) is 22.5 Å². The summed E-state index contributed by atoms with van der Waals surface area (Å²) in [6.45, 7) is 0.558. The van der Waals surface area contributed by atoms with E-state index in [4.69, 9.17) is 11.6 Å². The van der Waals surface area contributed by atoms with Crippen molar-refractivity contribution in [2.75, 3.05) is 10.2 Å². The van der Waals surface area contributed by atoms with Gasteiger partial charge in [0, 0.05) is 11.9 Å². The van der Waals surface area contributed by atoms with Crippen molar-refractivity contribution in [1.29, 1.82) is 0 Å². The molecule has 0 radical (unpaired) electrons. The number of urea groups is 1. The summed E-state index contributed by atoms with van der Waals surface area (Å²) in [5.41, 5.74) is 1.37. The molecule has 0 atom stereocenters. The van der Waals surface area contributed by atoms with Crippen molar-refractivity contribution < 1.29 is 9.59 Å². The van der Waals surface area contributed by atoms with Crippen molar-refractivity contribution in [1.82, 2.24) is 10.3 Å². The van der Waals surface area contributed by atoms with E-state index in [9.17, 15) is 9.59 Å². The number of rotatable bonds is 4. The second-order valence-corrected chi connectivity index (χ2v) is 7.46. The molecule has 6 nitrogen and oxygen atoms in total. The number of imide groups is 1. The lowest BCUT2D eigenvalue weighted by Crippen LogP contribution is -2.48. The lowest BCUT2D eigenvalue weighted by atomic mass is 9.82. The molecule has 1 aliphatic heterocycles. The number of pyridine rings is 1. The molecule has 4 rings (SSSR count). The van der Waals surface area contributed by atoms with Gasteiger partial charge in [-0.15, -0.1) is 0 Å². The molecule has 2 aromatic rings. The van der Waals surface area contributed by atoms with Gasteiger partial charge >= 0.3 is 6.03 Å². The summed E-state index contributed by atoms with van der Waals surface area (Å²) in [6.07, 6.45) is 6.12. The van der Waals surface area contributed by atoms with Gasteiger partial charge in [-0.2, -0.15) is 0 Å². The zero-order valence-corrected chi connectivity index (χ0v) is 15.6. The predicted molar refractivity (Wildman–Crippen MR) is 105 cm³/mol. The average Bonchev–Trinajstić information content (AvgIpc) is 2.91. The Bertz CT molecular complexity index is 866. The standard InChI is InChI=1S/C20H21ClN4O2/c21-16-12-14(23-13-15-6-2-5-11-22-15)7-8-17(16)25-18(26)20(24-19(25)27)9-3-1-4-10-20/h2,5-8,11-12,23H,1,3-4,9-10,13H2,(H,24,27). The molecular formula is C20H21ClN4O2. The van der Waals surface area contributed by atoms with Gasteiger partial charge in [-0.25, -0.2) is 9.69 Å². The van der Waals surface area contributed by atoms with Crippen LogP contribution in [0.3, 0.4) is 0 Å². The number of nitrogens with zero attached hydrogens (tertiary/aromatic N) is 2. The number of carbonyl (C=O) groups excluding carboxylic acids is 2. The van der Waals surface area contributed by atoms with Crippen LogP contribution in [0.25, 0.3) is 0 Å². The van der Waals surface area contributed by atoms with E-state index in [1.54, 1.807) is 18.3 Å². The van der Waals surface area contributed by atoms with Crippen LogP contribution in [0.5, 0.6) is 0 Å². The molecule has 1 saturated carbocycles. The Morgan fingerprint density at radius 3 is 2.67 bits per heavy atom. The molecular weight excluding hydrogens is 364 g/mol. The fraction of sp³-hybridized carbons (Fsp3) is 0.350. The molecule has 1 spiro atoms. The number of nitrogens with one attached hydrogen (secondary N) is 2. The maximum atomic E-state index is 13.0. The predicted octanol–water partition coefficient (Wildman–Crippen LogP) is 4.11. The summed E-state index contributed by atoms with van der Waals surface area (Å²) in [7, 11) is 0. The number of amides is 3. The first-order chi connectivity index (χ1) is 13.1. The third-order valence-corrected chi connectivity index (χ3v) is 5.56. The largest absolute Gasteiger partial charge is 0.379 e. The molecule has 0 unspecified atom stereocenters. The van der Waals surface area contributed by atoms with Crippen LogP contribution in [-0.2, 0) is 11.3 Å². The molecule has 2 aliphatic rings. The molecule has 1 aromatic heterocycles. The van der Waals surface area contributed by atoms with Crippen molar-refractivity contribution in [2.24, 2.45) is 0 Å². The van der Waals surface area contributed by atoms with Crippen LogP contribution >= 0.6 is 11.6 Å². The third kappa shape index (κ3) is 3.37. The van der Waals surface area contributed by atoms with Gasteiger partial charge in [0.2, 0.25) is 0 Å². The number of anilines is 2. The number of benzene rings is 1. The lowest BCUT2D eigenvalue weighted by Gasteiger charge is -2.30. The molecule has 2 fully saturated rings. The highest BCUT2D eigenvalue weighted by atomic mass is 35.5. The second kappa shape index (κ2) is 7.19. The van der Waals surface area contributed by atoms with Crippen LogP contribution in [0.1, 0.15) is 37.8 Å². The fourth-order valence-electron chi connectivity index (χ4n) is 3.83. The molecule has 1 aliphatic carbocycles. The average molecular weight is 385 g/mol. The van der Waals surface area contributed by atoms with Crippen LogP contribution < -0.4 is 15.5 Å². The van der Waals surface area contributed by atoms with Gasteiger partial charge in [0.1, 0.15) is 5.54 Å². The Kier molecular flexibility index (Phi) is 4.74. The Balaban J connectivity index is 1.52. The summed E-state index contributed by atoms with van der Waals surface area (Å²) < 4.78 is 0. The van der Waals surface area contributed by atoms with E-state index in [-0.39, 0.29) is 5.91 Å².